The summed E-state index contributed by atoms with van der Waals surface area (Å²) in [4.78, 5) is 27.3. The number of fused-ring (bicyclic) bond motifs is 2. The fraction of sp³-hybridized carbons (Fsp3) is 0.400. The summed E-state index contributed by atoms with van der Waals surface area (Å²) in [5.41, 5.74) is 0.626. The Morgan fingerprint density at radius 2 is 2.19 bits per heavy atom. The molecular formula is C15H14F3N3O4S. The van der Waals surface area contributed by atoms with Gasteiger partial charge in [0.2, 0.25) is 11.6 Å². The second-order valence-electron chi connectivity index (χ2n) is 5.59. The Hall–Kier alpha value is -2.27. The minimum absolute atomic E-state index is 0.0232. The molecule has 1 amide bonds. The number of alkyl halides is 3. The number of aromatic nitrogens is 1. The molecule has 0 aromatic carbocycles. The number of carboxylic acids is 1. The number of carbonyl (C=O) groups excluding carboxylic acids is 1. The third-order valence-electron chi connectivity index (χ3n) is 3.91. The molecule has 11 heteroatoms. The highest BCUT2D eigenvalue weighted by Crippen LogP contribution is 2.33. The smallest absolute Gasteiger partial charge is 0.475 e. The minimum Gasteiger partial charge on any atom is -0.475 e. The van der Waals surface area contributed by atoms with Gasteiger partial charge in [0.1, 0.15) is 18.0 Å². The van der Waals surface area contributed by atoms with E-state index in [2.05, 4.69) is 15.2 Å². The largest absolute Gasteiger partial charge is 0.490 e. The Balaban J connectivity index is 0.000000242. The van der Waals surface area contributed by atoms with E-state index in [-0.39, 0.29) is 18.1 Å². The quantitative estimate of drug-likeness (QED) is 0.770. The van der Waals surface area contributed by atoms with E-state index >= 15 is 0 Å². The molecule has 140 valence electrons. The molecule has 2 aliphatic rings. The van der Waals surface area contributed by atoms with E-state index in [9.17, 15) is 18.0 Å². The van der Waals surface area contributed by atoms with Gasteiger partial charge in [0.25, 0.3) is 0 Å². The Kier molecular flexibility index (Phi) is 5.10. The van der Waals surface area contributed by atoms with E-state index in [4.69, 9.17) is 14.3 Å². The van der Waals surface area contributed by atoms with Gasteiger partial charge in [0.15, 0.2) is 0 Å². The molecule has 26 heavy (non-hydrogen) atoms. The Morgan fingerprint density at radius 1 is 1.46 bits per heavy atom. The highest BCUT2D eigenvalue weighted by atomic mass is 32.2. The van der Waals surface area contributed by atoms with Crippen molar-refractivity contribution in [2.24, 2.45) is 0 Å². The summed E-state index contributed by atoms with van der Waals surface area (Å²) in [5.74, 6) is 0.0379. The number of hydrogen-bond acceptors (Lipinski definition) is 6. The summed E-state index contributed by atoms with van der Waals surface area (Å²) in [7, 11) is 0. The van der Waals surface area contributed by atoms with Crippen LogP contribution < -0.4 is 5.32 Å². The molecule has 2 N–H and O–H groups in total. The number of aliphatic carboxylic acids is 1. The van der Waals surface area contributed by atoms with E-state index in [1.54, 1.807) is 6.20 Å². The van der Waals surface area contributed by atoms with Crippen LogP contribution in [0.15, 0.2) is 28.8 Å². The van der Waals surface area contributed by atoms with Crippen molar-refractivity contribution in [3.8, 4) is 0 Å². The highest BCUT2D eigenvalue weighted by molar-refractivity contribution is 7.99. The number of rotatable bonds is 1. The van der Waals surface area contributed by atoms with E-state index in [0.717, 1.165) is 29.2 Å². The molecule has 4 heterocycles. The number of hydrogen-bond donors (Lipinski definition) is 2. The number of carbonyl (C=O) groups is 2. The zero-order chi connectivity index (χ0) is 18.9. The predicted molar refractivity (Wildman–Crippen MR) is 86.4 cm³/mol. The molecule has 0 spiro atoms. The van der Waals surface area contributed by atoms with Crippen molar-refractivity contribution in [2.75, 3.05) is 18.1 Å². The molecule has 2 fully saturated rings. The molecule has 2 aromatic heterocycles. The molecule has 2 aliphatic heterocycles. The second kappa shape index (κ2) is 7.16. The molecule has 4 rings (SSSR count). The molecule has 7 nitrogen and oxygen atoms in total. The Bertz CT molecular complexity index is 793. The number of furan rings is 1. The van der Waals surface area contributed by atoms with Crippen LogP contribution in [0.5, 0.6) is 0 Å². The third kappa shape index (κ3) is 3.78. The fourth-order valence-electron chi connectivity index (χ4n) is 2.73. The Labute approximate surface area is 149 Å². The van der Waals surface area contributed by atoms with Crippen LogP contribution in [0, 0.1) is 0 Å². The number of halogens is 3. The topological polar surface area (TPSA) is 95.7 Å². The zero-order valence-corrected chi connectivity index (χ0v) is 14.0. The van der Waals surface area contributed by atoms with Crippen molar-refractivity contribution in [1.29, 1.82) is 0 Å². The molecule has 2 atom stereocenters. The number of nitrogens with one attached hydrogen (secondary N) is 1. The van der Waals surface area contributed by atoms with Crippen LogP contribution >= 0.6 is 11.8 Å². The van der Waals surface area contributed by atoms with Gasteiger partial charge in [-0.05, 0) is 18.2 Å². The summed E-state index contributed by atoms with van der Waals surface area (Å²) in [5, 5.41) is 11.1. The first kappa shape index (κ1) is 18.5. The van der Waals surface area contributed by atoms with Crippen LogP contribution in [0.3, 0.4) is 0 Å². The van der Waals surface area contributed by atoms with Gasteiger partial charge in [-0.2, -0.15) is 24.9 Å². The van der Waals surface area contributed by atoms with Crippen molar-refractivity contribution in [3.05, 3.63) is 30.2 Å². The average Bonchev–Trinajstić information content (AvgIpc) is 3.16. The first-order chi connectivity index (χ1) is 12.3. The normalized spacial score (nSPS) is 23.1. The first-order valence-electron chi connectivity index (χ1n) is 7.56. The van der Waals surface area contributed by atoms with Crippen LogP contribution in [0.4, 0.5) is 13.2 Å². The maximum atomic E-state index is 12.0. The number of carboxylic acid groups (broad SMARTS) is 1. The van der Waals surface area contributed by atoms with Crippen LogP contribution in [-0.2, 0) is 9.59 Å². The van der Waals surface area contributed by atoms with Gasteiger partial charge in [-0.25, -0.2) is 9.78 Å². The Morgan fingerprint density at radius 3 is 2.85 bits per heavy atom. The number of amides is 1. The zero-order valence-electron chi connectivity index (χ0n) is 13.2. The maximum absolute atomic E-state index is 12.0. The second-order valence-corrected chi connectivity index (χ2v) is 6.74. The first-order valence-corrected chi connectivity index (χ1v) is 8.71. The number of nitrogens with zero attached hydrogens (tertiary/aromatic N) is 2. The lowest BCUT2D eigenvalue weighted by Crippen LogP contribution is -2.41. The van der Waals surface area contributed by atoms with E-state index < -0.39 is 12.1 Å². The summed E-state index contributed by atoms with van der Waals surface area (Å²) >= 11 is 1.83. The molecule has 0 radical (unpaired) electrons. The van der Waals surface area contributed by atoms with Gasteiger partial charge in [0.05, 0.1) is 0 Å². The molecule has 0 aliphatic carbocycles. The van der Waals surface area contributed by atoms with Crippen molar-refractivity contribution in [3.63, 3.8) is 0 Å². The average molecular weight is 389 g/mol. The molecular weight excluding hydrogens is 375 g/mol. The SMILES string of the molecule is O=C(O)C(F)(F)F.O=C1NC(c2cc3cccnc3o2)N2CCSCC12. The number of thioether (sulfide) groups is 1. The van der Waals surface area contributed by atoms with Crippen LogP contribution in [0.25, 0.3) is 11.1 Å². The minimum atomic E-state index is -5.08. The van der Waals surface area contributed by atoms with Crippen molar-refractivity contribution >= 4 is 34.7 Å². The lowest BCUT2D eigenvalue weighted by Gasteiger charge is -2.29. The van der Waals surface area contributed by atoms with E-state index in [1.807, 2.05) is 30.0 Å². The van der Waals surface area contributed by atoms with Crippen molar-refractivity contribution in [2.45, 2.75) is 18.4 Å². The van der Waals surface area contributed by atoms with Crippen LogP contribution in [0.2, 0.25) is 0 Å². The molecule has 2 saturated heterocycles. The summed E-state index contributed by atoms with van der Waals surface area (Å²) in [6, 6.07) is 5.80. The van der Waals surface area contributed by atoms with Crippen molar-refractivity contribution in [1.82, 2.24) is 15.2 Å². The van der Waals surface area contributed by atoms with Gasteiger partial charge in [-0.3, -0.25) is 9.69 Å². The standard InChI is InChI=1S/C13H13N3O2S.C2HF3O2/c17-12-9-7-19-5-4-16(9)11(15-12)10-6-8-2-1-3-14-13(8)18-10;3-2(4,5)1(6)7/h1-3,6,9,11H,4-5,7H2,(H,15,17);(H,6,7). The van der Waals surface area contributed by atoms with Gasteiger partial charge in [-0.15, -0.1) is 0 Å². The molecule has 0 saturated carbocycles. The van der Waals surface area contributed by atoms with Crippen LogP contribution in [-0.4, -0.2) is 57.1 Å². The van der Waals surface area contributed by atoms with E-state index in [1.165, 1.54) is 0 Å². The fourth-order valence-corrected chi connectivity index (χ4v) is 3.80. The monoisotopic (exact) mass is 389 g/mol. The van der Waals surface area contributed by atoms with E-state index in [0.29, 0.717) is 5.71 Å². The summed E-state index contributed by atoms with van der Waals surface area (Å²) in [6.07, 6.45) is -3.52. The summed E-state index contributed by atoms with van der Waals surface area (Å²) < 4.78 is 37.5. The van der Waals surface area contributed by atoms with Gasteiger partial charge in [0, 0.05) is 29.6 Å². The molecule has 2 unspecified atom stereocenters. The van der Waals surface area contributed by atoms with Crippen LogP contribution in [0.1, 0.15) is 11.9 Å². The number of pyridine rings is 1. The predicted octanol–water partition coefficient (Wildman–Crippen LogP) is 2.01. The summed E-state index contributed by atoms with van der Waals surface area (Å²) in [6.45, 7) is 0.906. The van der Waals surface area contributed by atoms with Gasteiger partial charge >= 0.3 is 12.1 Å². The molecule has 2 aromatic rings. The lowest BCUT2D eigenvalue weighted by atomic mass is 10.2. The third-order valence-corrected chi connectivity index (χ3v) is 4.93. The van der Waals surface area contributed by atoms with Crippen molar-refractivity contribution < 1.29 is 32.3 Å². The molecule has 0 bridgehead atoms. The maximum Gasteiger partial charge on any atom is 0.490 e. The van der Waals surface area contributed by atoms with Gasteiger partial charge in [-0.1, -0.05) is 0 Å². The van der Waals surface area contributed by atoms with Gasteiger partial charge < -0.3 is 14.8 Å². The lowest BCUT2D eigenvalue weighted by molar-refractivity contribution is -0.192. The highest BCUT2D eigenvalue weighted by Gasteiger charge is 2.43.